The molecular formula is C19H18N2O3S. The molecule has 1 aliphatic rings. The summed E-state index contributed by atoms with van der Waals surface area (Å²) in [5.41, 5.74) is 1.89. The molecule has 25 heavy (non-hydrogen) atoms. The molecule has 128 valence electrons. The van der Waals surface area contributed by atoms with Gasteiger partial charge in [0.05, 0.1) is 11.7 Å². The van der Waals surface area contributed by atoms with Crippen molar-refractivity contribution in [3.8, 4) is 0 Å². The highest BCUT2D eigenvalue weighted by Crippen LogP contribution is 2.34. The molecule has 0 fully saturated rings. The largest absolute Gasteiger partial charge is 0.459 e. The average Bonchev–Trinajstić information content (AvgIpc) is 3.21. The maximum absolute atomic E-state index is 12.9. The fourth-order valence-corrected chi connectivity index (χ4v) is 4.46. The number of rotatable bonds is 4. The normalized spacial score (nSPS) is 14.4. The Morgan fingerprint density at radius 3 is 2.92 bits per heavy atom. The minimum atomic E-state index is -0.704. The van der Waals surface area contributed by atoms with Gasteiger partial charge in [-0.05, 0) is 37.3 Å². The third kappa shape index (κ3) is 2.87. The summed E-state index contributed by atoms with van der Waals surface area (Å²) in [6, 6.07) is 8.79. The van der Waals surface area contributed by atoms with E-state index >= 15 is 0 Å². The molecule has 1 atom stereocenters. The van der Waals surface area contributed by atoms with Gasteiger partial charge in [-0.3, -0.25) is 9.36 Å². The summed E-state index contributed by atoms with van der Waals surface area (Å²) in [6.45, 7) is 1.87. The van der Waals surface area contributed by atoms with E-state index in [0.717, 1.165) is 35.2 Å². The molecule has 0 saturated carbocycles. The monoisotopic (exact) mass is 354 g/mol. The Morgan fingerprint density at radius 2 is 2.12 bits per heavy atom. The van der Waals surface area contributed by atoms with Crippen LogP contribution in [0.15, 0.2) is 41.5 Å². The van der Waals surface area contributed by atoms with Crippen molar-refractivity contribution in [2.75, 3.05) is 0 Å². The second-order valence-corrected chi connectivity index (χ2v) is 7.35. The van der Waals surface area contributed by atoms with E-state index in [-0.39, 0.29) is 12.2 Å². The number of carbonyl (C=O) groups excluding carboxylic acids is 1. The molecule has 1 aromatic carbocycles. The first-order valence-electron chi connectivity index (χ1n) is 8.37. The first kappa shape index (κ1) is 16.0. The number of aromatic nitrogens is 2. The molecule has 6 heteroatoms. The Bertz CT molecular complexity index is 991. The van der Waals surface area contributed by atoms with Gasteiger partial charge in [0.2, 0.25) is 0 Å². The van der Waals surface area contributed by atoms with Crippen LogP contribution in [0, 0.1) is 0 Å². The molecule has 0 radical (unpaired) electrons. The highest BCUT2D eigenvalue weighted by molar-refractivity contribution is 7.18. The molecule has 2 aromatic heterocycles. The molecular weight excluding hydrogens is 336 g/mol. The van der Waals surface area contributed by atoms with Gasteiger partial charge in [0.1, 0.15) is 17.5 Å². The topological polar surface area (TPSA) is 61.2 Å². The highest BCUT2D eigenvalue weighted by atomic mass is 32.1. The molecule has 0 bridgehead atoms. The third-order valence-corrected chi connectivity index (χ3v) is 5.83. The number of ether oxygens (including phenoxy) is 1. The standard InChI is InChI=1S/C19H18N2O3S/c1-12(19(23)24-10-13-6-3-2-4-7-13)21-11-20-17-16(18(21)22)14-8-5-9-15(14)25-17/h2-4,6-7,11-12H,5,8-10H2,1H3/t12-/m1/s1. The fourth-order valence-electron chi connectivity index (χ4n) is 3.24. The maximum atomic E-state index is 12.9. The summed E-state index contributed by atoms with van der Waals surface area (Å²) in [5.74, 6) is -0.432. The Labute approximate surface area is 148 Å². The molecule has 1 aliphatic carbocycles. The van der Waals surface area contributed by atoms with Crippen LogP contribution in [0.1, 0.15) is 35.4 Å². The van der Waals surface area contributed by atoms with Crippen molar-refractivity contribution in [1.82, 2.24) is 9.55 Å². The minimum absolute atomic E-state index is 0.145. The summed E-state index contributed by atoms with van der Waals surface area (Å²) in [5, 5.41) is 0.683. The second kappa shape index (κ2) is 6.44. The lowest BCUT2D eigenvalue weighted by Gasteiger charge is -2.14. The van der Waals surface area contributed by atoms with Gasteiger partial charge in [-0.25, -0.2) is 9.78 Å². The maximum Gasteiger partial charge on any atom is 0.329 e. The lowest BCUT2D eigenvalue weighted by Crippen LogP contribution is -2.29. The van der Waals surface area contributed by atoms with E-state index in [1.54, 1.807) is 18.3 Å². The van der Waals surface area contributed by atoms with Crippen molar-refractivity contribution >= 4 is 27.5 Å². The molecule has 0 spiro atoms. The van der Waals surface area contributed by atoms with Gasteiger partial charge in [-0.1, -0.05) is 30.3 Å². The number of aryl methyl sites for hydroxylation is 2. The lowest BCUT2D eigenvalue weighted by atomic mass is 10.2. The van der Waals surface area contributed by atoms with Gasteiger partial charge < -0.3 is 4.74 Å². The summed E-state index contributed by atoms with van der Waals surface area (Å²) < 4.78 is 6.75. The van der Waals surface area contributed by atoms with E-state index in [0.29, 0.717) is 5.39 Å². The number of nitrogens with zero attached hydrogens (tertiary/aromatic N) is 2. The summed E-state index contributed by atoms with van der Waals surface area (Å²) >= 11 is 1.60. The van der Waals surface area contributed by atoms with Crippen molar-refractivity contribution in [3.63, 3.8) is 0 Å². The predicted octanol–water partition coefficient (Wildman–Crippen LogP) is 3.25. The van der Waals surface area contributed by atoms with Crippen LogP contribution >= 0.6 is 11.3 Å². The lowest BCUT2D eigenvalue weighted by molar-refractivity contribution is -0.148. The number of thiophene rings is 1. The first-order valence-corrected chi connectivity index (χ1v) is 9.18. The van der Waals surface area contributed by atoms with E-state index in [1.807, 2.05) is 30.3 Å². The molecule has 3 aromatic rings. The van der Waals surface area contributed by atoms with Crippen LogP contribution in [-0.2, 0) is 29.0 Å². The summed E-state index contributed by atoms with van der Waals surface area (Å²) in [7, 11) is 0. The van der Waals surface area contributed by atoms with Crippen molar-refractivity contribution in [1.29, 1.82) is 0 Å². The van der Waals surface area contributed by atoms with Crippen molar-refractivity contribution < 1.29 is 9.53 Å². The first-order chi connectivity index (χ1) is 12.1. The molecule has 0 aliphatic heterocycles. The number of hydrogen-bond acceptors (Lipinski definition) is 5. The smallest absolute Gasteiger partial charge is 0.329 e. The molecule has 0 N–H and O–H groups in total. The molecule has 0 saturated heterocycles. The Morgan fingerprint density at radius 1 is 1.32 bits per heavy atom. The number of benzene rings is 1. The quantitative estimate of drug-likeness (QED) is 0.675. The Kier molecular flexibility index (Phi) is 4.13. The number of carbonyl (C=O) groups is 1. The SMILES string of the molecule is C[C@H](C(=O)OCc1ccccc1)n1cnc2sc3c(c2c1=O)CCC3. The number of fused-ring (bicyclic) bond motifs is 3. The van der Waals surface area contributed by atoms with Gasteiger partial charge in [-0.15, -0.1) is 11.3 Å². The van der Waals surface area contributed by atoms with Crippen LogP contribution in [0.3, 0.4) is 0 Å². The van der Waals surface area contributed by atoms with Crippen LogP contribution < -0.4 is 5.56 Å². The second-order valence-electron chi connectivity index (χ2n) is 6.26. The van der Waals surface area contributed by atoms with Crippen LogP contribution in [0.5, 0.6) is 0 Å². The molecule has 4 rings (SSSR count). The molecule has 5 nitrogen and oxygen atoms in total. The van der Waals surface area contributed by atoms with E-state index in [2.05, 4.69) is 4.98 Å². The zero-order valence-electron chi connectivity index (χ0n) is 13.9. The van der Waals surface area contributed by atoms with Gasteiger partial charge in [0, 0.05) is 4.88 Å². The van der Waals surface area contributed by atoms with E-state index < -0.39 is 12.0 Å². The number of hydrogen-bond donors (Lipinski definition) is 0. The minimum Gasteiger partial charge on any atom is -0.459 e. The molecule has 2 heterocycles. The van der Waals surface area contributed by atoms with Gasteiger partial charge in [-0.2, -0.15) is 0 Å². The Balaban J connectivity index is 1.59. The van der Waals surface area contributed by atoms with Gasteiger partial charge in [0.25, 0.3) is 5.56 Å². The van der Waals surface area contributed by atoms with E-state index in [4.69, 9.17) is 4.74 Å². The van der Waals surface area contributed by atoms with Crippen LogP contribution in [-0.4, -0.2) is 15.5 Å². The summed E-state index contributed by atoms with van der Waals surface area (Å²) in [6.07, 6.45) is 4.48. The van der Waals surface area contributed by atoms with Crippen molar-refractivity contribution in [2.24, 2.45) is 0 Å². The highest BCUT2D eigenvalue weighted by Gasteiger charge is 2.24. The van der Waals surface area contributed by atoms with Gasteiger partial charge in [0.15, 0.2) is 0 Å². The van der Waals surface area contributed by atoms with E-state index in [9.17, 15) is 9.59 Å². The number of esters is 1. The summed E-state index contributed by atoms with van der Waals surface area (Å²) in [4.78, 5) is 31.7. The third-order valence-electron chi connectivity index (χ3n) is 4.63. The van der Waals surface area contributed by atoms with Gasteiger partial charge >= 0.3 is 5.97 Å². The van der Waals surface area contributed by atoms with Crippen molar-refractivity contribution in [2.45, 2.75) is 38.8 Å². The fraction of sp³-hybridized carbons (Fsp3) is 0.316. The zero-order chi connectivity index (χ0) is 17.4. The van der Waals surface area contributed by atoms with E-state index in [1.165, 1.54) is 15.8 Å². The zero-order valence-corrected chi connectivity index (χ0v) is 14.7. The molecule has 0 amide bonds. The van der Waals surface area contributed by atoms with Crippen LogP contribution in [0.2, 0.25) is 0 Å². The molecule has 0 unspecified atom stereocenters. The van der Waals surface area contributed by atoms with Crippen molar-refractivity contribution in [3.05, 3.63) is 63.0 Å². The predicted molar refractivity (Wildman–Crippen MR) is 96.9 cm³/mol. The Hall–Kier alpha value is -2.47. The van der Waals surface area contributed by atoms with Crippen LogP contribution in [0.4, 0.5) is 0 Å². The average molecular weight is 354 g/mol. The van der Waals surface area contributed by atoms with Crippen LogP contribution in [0.25, 0.3) is 10.2 Å².